The van der Waals surface area contributed by atoms with Gasteiger partial charge in [-0.2, -0.15) is 0 Å². The topological polar surface area (TPSA) is 49.3 Å². The fourth-order valence-electron chi connectivity index (χ4n) is 1.75. The average molecular weight is 259 g/mol. The second kappa shape index (κ2) is 5.10. The number of halogens is 1. The number of rotatable bonds is 2. The summed E-state index contributed by atoms with van der Waals surface area (Å²) in [6.45, 7) is 3.46. The Morgan fingerprint density at radius 2 is 1.95 bits per heavy atom. The molecule has 0 spiro atoms. The molecule has 0 atom stereocenters. The minimum absolute atomic E-state index is 0.0903. The van der Waals surface area contributed by atoms with E-state index in [-0.39, 0.29) is 17.0 Å². The molecule has 98 valence electrons. The van der Waals surface area contributed by atoms with Gasteiger partial charge in [0.15, 0.2) is 0 Å². The van der Waals surface area contributed by atoms with E-state index in [0.717, 1.165) is 5.56 Å². The highest BCUT2D eigenvalue weighted by atomic mass is 19.1. The quantitative estimate of drug-likeness (QED) is 0.868. The van der Waals surface area contributed by atoms with Gasteiger partial charge in [0, 0.05) is 0 Å². The molecular formula is C15H14FNO2. The number of hydrogen-bond acceptors (Lipinski definition) is 2. The Labute approximate surface area is 110 Å². The summed E-state index contributed by atoms with van der Waals surface area (Å²) in [7, 11) is 0. The van der Waals surface area contributed by atoms with E-state index in [1.807, 2.05) is 0 Å². The molecule has 0 saturated heterocycles. The molecule has 0 unspecified atom stereocenters. The first-order valence-electron chi connectivity index (χ1n) is 5.85. The van der Waals surface area contributed by atoms with Crippen molar-refractivity contribution in [3.05, 3.63) is 58.9 Å². The summed E-state index contributed by atoms with van der Waals surface area (Å²) in [5.41, 5.74) is 1.59. The number of aryl methyl sites for hydroxylation is 2. The molecule has 2 rings (SSSR count). The lowest BCUT2D eigenvalue weighted by Crippen LogP contribution is -2.13. The molecule has 2 aromatic carbocycles. The van der Waals surface area contributed by atoms with Gasteiger partial charge in [-0.1, -0.05) is 18.2 Å². The number of carbonyl (C=O) groups is 1. The van der Waals surface area contributed by atoms with Crippen LogP contribution in [-0.2, 0) is 0 Å². The number of para-hydroxylation sites is 1. The first kappa shape index (κ1) is 13.1. The molecular weight excluding hydrogens is 245 g/mol. The Kier molecular flexibility index (Phi) is 3.51. The number of carbonyl (C=O) groups excluding carboxylic acids is 1. The lowest BCUT2D eigenvalue weighted by molar-refractivity contribution is 0.102. The third-order valence-electron chi connectivity index (χ3n) is 2.86. The fraction of sp³-hybridized carbons (Fsp3) is 0.133. The summed E-state index contributed by atoms with van der Waals surface area (Å²) < 4.78 is 13.6. The normalized spacial score (nSPS) is 10.3. The predicted octanol–water partition coefficient (Wildman–Crippen LogP) is 3.40. The number of phenolic OH excluding ortho intramolecular Hbond substituents is 1. The van der Waals surface area contributed by atoms with E-state index in [1.54, 1.807) is 32.0 Å². The van der Waals surface area contributed by atoms with Crippen molar-refractivity contribution < 1.29 is 14.3 Å². The van der Waals surface area contributed by atoms with Crippen LogP contribution in [0.4, 0.5) is 10.1 Å². The monoisotopic (exact) mass is 259 g/mol. The molecule has 2 N–H and O–H groups in total. The summed E-state index contributed by atoms with van der Waals surface area (Å²) in [6.07, 6.45) is 0. The summed E-state index contributed by atoms with van der Waals surface area (Å²) in [5, 5.41) is 12.3. The Morgan fingerprint density at radius 1 is 1.21 bits per heavy atom. The molecule has 1 amide bonds. The highest BCUT2D eigenvalue weighted by Gasteiger charge is 2.14. The molecule has 3 nitrogen and oxygen atoms in total. The average Bonchev–Trinajstić information content (AvgIpc) is 2.36. The summed E-state index contributed by atoms with van der Waals surface area (Å²) >= 11 is 0. The van der Waals surface area contributed by atoms with Crippen LogP contribution in [0.25, 0.3) is 0 Å². The smallest absolute Gasteiger partial charge is 0.259 e. The second-order valence-corrected chi connectivity index (χ2v) is 4.41. The van der Waals surface area contributed by atoms with Gasteiger partial charge >= 0.3 is 0 Å². The maximum Gasteiger partial charge on any atom is 0.259 e. The van der Waals surface area contributed by atoms with E-state index < -0.39 is 11.7 Å². The van der Waals surface area contributed by atoms with Crippen molar-refractivity contribution >= 4 is 11.6 Å². The van der Waals surface area contributed by atoms with Crippen LogP contribution in [0.2, 0.25) is 0 Å². The van der Waals surface area contributed by atoms with E-state index >= 15 is 0 Å². The van der Waals surface area contributed by atoms with Gasteiger partial charge in [-0.15, -0.1) is 0 Å². The molecule has 0 fully saturated rings. The van der Waals surface area contributed by atoms with Gasteiger partial charge in [-0.3, -0.25) is 4.79 Å². The van der Waals surface area contributed by atoms with Gasteiger partial charge in [-0.05, 0) is 43.2 Å². The first-order chi connectivity index (χ1) is 8.99. The zero-order chi connectivity index (χ0) is 14.0. The predicted molar refractivity (Wildman–Crippen MR) is 71.9 cm³/mol. The number of nitrogens with one attached hydrogen (secondary N) is 1. The Hall–Kier alpha value is -2.36. The third-order valence-corrected chi connectivity index (χ3v) is 2.86. The minimum Gasteiger partial charge on any atom is -0.507 e. The standard InChI is InChI=1S/C15H14FNO2/c1-9-6-7-13(12(16)8-9)17-15(19)11-5-3-4-10(2)14(11)18/h3-8,18H,1-2H3,(H,17,19). The van der Waals surface area contributed by atoms with Crippen molar-refractivity contribution in [2.75, 3.05) is 5.32 Å². The van der Waals surface area contributed by atoms with Crippen molar-refractivity contribution in [2.24, 2.45) is 0 Å². The van der Waals surface area contributed by atoms with Crippen LogP contribution >= 0.6 is 0 Å². The van der Waals surface area contributed by atoms with Crippen LogP contribution in [0.3, 0.4) is 0 Å². The van der Waals surface area contributed by atoms with Gasteiger partial charge in [0.1, 0.15) is 11.6 Å². The lowest BCUT2D eigenvalue weighted by Gasteiger charge is -2.09. The van der Waals surface area contributed by atoms with Crippen LogP contribution in [0, 0.1) is 19.7 Å². The minimum atomic E-state index is -0.538. The summed E-state index contributed by atoms with van der Waals surface area (Å²) in [6, 6.07) is 9.38. The molecule has 0 bridgehead atoms. The lowest BCUT2D eigenvalue weighted by atomic mass is 10.1. The van der Waals surface area contributed by atoms with Crippen molar-refractivity contribution in [1.82, 2.24) is 0 Å². The molecule has 0 radical (unpaired) electrons. The van der Waals surface area contributed by atoms with E-state index in [4.69, 9.17) is 0 Å². The fourth-order valence-corrected chi connectivity index (χ4v) is 1.75. The number of benzene rings is 2. The van der Waals surface area contributed by atoms with E-state index in [9.17, 15) is 14.3 Å². The number of amides is 1. The zero-order valence-electron chi connectivity index (χ0n) is 10.7. The summed E-state index contributed by atoms with van der Waals surface area (Å²) in [5.74, 6) is -1.13. The molecule has 2 aromatic rings. The van der Waals surface area contributed by atoms with Crippen LogP contribution in [0.5, 0.6) is 5.75 Å². The highest BCUT2D eigenvalue weighted by Crippen LogP contribution is 2.23. The van der Waals surface area contributed by atoms with Crippen molar-refractivity contribution in [1.29, 1.82) is 0 Å². The zero-order valence-corrected chi connectivity index (χ0v) is 10.7. The molecule has 0 saturated carbocycles. The Balaban J connectivity index is 2.28. The maximum atomic E-state index is 13.6. The molecule has 0 aliphatic carbocycles. The van der Waals surface area contributed by atoms with E-state index in [0.29, 0.717) is 5.56 Å². The van der Waals surface area contributed by atoms with Crippen molar-refractivity contribution in [2.45, 2.75) is 13.8 Å². The van der Waals surface area contributed by atoms with Gasteiger partial charge in [-0.25, -0.2) is 4.39 Å². The van der Waals surface area contributed by atoms with Crippen LogP contribution in [0.1, 0.15) is 21.5 Å². The Bertz CT molecular complexity index is 638. The number of anilines is 1. The van der Waals surface area contributed by atoms with E-state index in [1.165, 1.54) is 18.2 Å². The SMILES string of the molecule is Cc1ccc(NC(=O)c2cccc(C)c2O)c(F)c1. The van der Waals surface area contributed by atoms with Gasteiger partial charge in [0.05, 0.1) is 11.3 Å². The van der Waals surface area contributed by atoms with Gasteiger partial charge < -0.3 is 10.4 Å². The number of hydrogen-bond donors (Lipinski definition) is 2. The molecule has 0 aliphatic rings. The number of phenols is 1. The number of aromatic hydroxyl groups is 1. The molecule has 4 heteroatoms. The van der Waals surface area contributed by atoms with Crippen LogP contribution in [0.15, 0.2) is 36.4 Å². The van der Waals surface area contributed by atoms with E-state index in [2.05, 4.69) is 5.32 Å². The largest absolute Gasteiger partial charge is 0.507 e. The third kappa shape index (κ3) is 2.73. The van der Waals surface area contributed by atoms with Crippen LogP contribution in [-0.4, -0.2) is 11.0 Å². The molecule has 19 heavy (non-hydrogen) atoms. The molecule has 0 aliphatic heterocycles. The molecule has 0 aromatic heterocycles. The first-order valence-corrected chi connectivity index (χ1v) is 5.85. The highest BCUT2D eigenvalue weighted by molar-refractivity contribution is 6.06. The Morgan fingerprint density at radius 3 is 2.63 bits per heavy atom. The van der Waals surface area contributed by atoms with Crippen molar-refractivity contribution in [3.63, 3.8) is 0 Å². The van der Waals surface area contributed by atoms with Gasteiger partial charge in [0.2, 0.25) is 0 Å². The summed E-state index contributed by atoms with van der Waals surface area (Å²) in [4.78, 5) is 12.0. The van der Waals surface area contributed by atoms with Crippen molar-refractivity contribution in [3.8, 4) is 5.75 Å². The maximum absolute atomic E-state index is 13.6. The second-order valence-electron chi connectivity index (χ2n) is 4.41. The molecule has 0 heterocycles. The van der Waals surface area contributed by atoms with Gasteiger partial charge in [0.25, 0.3) is 5.91 Å². The van der Waals surface area contributed by atoms with Crippen LogP contribution < -0.4 is 5.32 Å².